The van der Waals surface area contributed by atoms with Crippen molar-refractivity contribution in [2.45, 2.75) is 5.22 Å². The molecular formula is C27H23BrClN5O3S. The molecule has 1 aliphatic rings. The maximum absolute atomic E-state index is 12.9. The predicted molar refractivity (Wildman–Crippen MR) is 153 cm³/mol. The molecule has 0 atom stereocenters. The van der Waals surface area contributed by atoms with E-state index >= 15 is 0 Å². The topological polar surface area (TPSA) is 91.6 Å². The molecule has 0 spiro atoms. The molecule has 0 unspecified atom stereocenters. The Morgan fingerprint density at radius 3 is 2.39 bits per heavy atom. The van der Waals surface area contributed by atoms with Crippen molar-refractivity contribution in [3.8, 4) is 11.5 Å². The minimum absolute atomic E-state index is 0.0358. The number of rotatable bonds is 7. The maximum atomic E-state index is 12.9. The lowest BCUT2D eigenvalue weighted by Gasteiger charge is -2.36. The maximum Gasteiger partial charge on any atom is 0.277 e. The number of nitrogens with zero attached hydrogens (tertiary/aromatic N) is 4. The molecule has 5 rings (SSSR count). The van der Waals surface area contributed by atoms with Crippen molar-refractivity contribution in [2.24, 2.45) is 0 Å². The molecule has 4 aromatic rings. The number of hydrogen-bond donors (Lipinski definition) is 1. The lowest BCUT2D eigenvalue weighted by atomic mass is 10.1. The number of amides is 2. The molecule has 1 aromatic heterocycles. The van der Waals surface area contributed by atoms with Crippen LogP contribution in [0.15, 0.2) is 86.9 Å². The summed E-state index contributed by atoms with van der Waals surface area (Å²) in [4.78, 5) is 29.4. The molecule has 2 amide bonds. The summed E-state index contributed by atoms with van der Waals surface area (Å²) >= 11 is 10.8. The summed E-state index contributed by atoms with van der Waals surface area (Å²) in [5.74, 6) is 0.291. The van der Waals surface area contributed by atoms with E-state index in [9.17, 15) is 9.59 Å². The molecule has 8 nitrogen and oxygen atoms in total. The number of hydrogen-bond acceptors (Lipinski definition) is 7. The Hall–Kier alpha value is -3.34. The lowest BCUT2D eigenvalue weighted by Crippen LogP contribution is -2.48. The average molecular weight is 613 g/mol. The van der Waals surface area contributed by atoms with E-state index in [1.54, 1.807) is 12.1 Å². The van der Waals surface area contributed by atoms with Gasteiger partial charge in [-0.2, -0.15) is 0 Å². The fourth-order valence-electron chi connectivity index (χ4n) is 4.06. The van der Waals surface area contributed by atoms with Crippen LogP contribution in [-0.4, -0.2) is 58.8 Å². The van der Waals surface area contributed by atoms with Crippen molar-refractivity contribution < 1.29 is 14.0 Å². The van der Waals surface area contributed by atoms with Gasteiger partial charge in [-0.3, -0.25) is 9.59 Å². The monoisotopic (exact) mass is 611 g/mol. The van der Waals surface area contributed by atoms with Crippen LogP contribution >= 0.6 is 39.3 Å². The van der Waals surface area contributed by atoms with Gasteiger partial charge in [0.1, 0.15) is 0 Å². The largest absolute Gasteiger partial charge is 0.411 e. The van der Waals surface area contributed by atoms with Crippen LogP contribution in [0, 0.1) is 0 Å². The first kappa shape index (κ1) is 26.3. The third kappa shape index (κ3) is 6.20. The summed E-state index contributed by atoms with van der Waals surface area (Å²) in [7, 11) is 0. The third-order valence-electron chi connectivity index (χ3n) is 6.02. The highest BCUT2D eigenvalue weighted by molar-refractivity contribution is 9.10. The van der Waals surface area contributed by atoms with Gasteiger partial charge >= 0.3 is 0 Å². The highest BCUT2D eigenvalue weighted by Gasteiger charge is 2.23. The predicted octanol–water partition coefficient (Wildman–Crippen LogP) is 5.85. The first-order valence-corrected chi connectivity index (χ1v) is 14.0. The first-order chi connectivity index (χ1) is 18.5. The molecule has 1 fully saturated rings. The number of carbonyl (C=O) groups is 2. The molecular weight excluding hydrogens is 590 g/mol. The van der Waals surface area contributed by atoms with E-state index in [2.05, 4.69) is 36.3 Å². The molecule has 1 saturated heterocycles. The third-order valence-corrected chi connectivity index (χ3v) is 7.86. The Morgan fingerprint density at radius 2 is 1.66 bits per heavy atom. The summed E-state index contributed by atoms with van der Waals surface area (Å²) in [5, 5.41) is 11.7. The van der Waals surface area contributed by atoms with Crippen LogP contribution in [0.4, 0.5) is 11.4 Å². The molecule has 38 heavy (non-hydrogen) atoms. The Bertz CT molecular complexity index is 1440. The highest BCUT2D eigenvalue weighted by Crippen LogP contribution is 2.29. The normalized spacial score (nSPS) is 13.4. The number of carbonyl (C=O) groups excluding carboxylic acids is 2. The molecule has 0 saturated carbocycles. The Morgan fingerprint density at radius 1 is 0.947 bits per heavy atom. The zero-order chi connectivity index (χ0) is 26.5. The van der Waals surface area contributed by atoms with Crippen molar-refractivity contribution in [2.75, 3.05) is 42.1 Å². The Balaban J connectivity index is 1.10. The number of nitrogens with one attached hydrogen (secondary N) is 1. The SMILES string of the molecule is O=C(CSc1nnc(-c2ccccc2Cl)o1)Nc1ccc(N2CCN(C(=O)c3ccccc3Br)CC2)cc1. The van der Waals surface area contributed by atoms with Crippen molar-refractivity contribution in [3.63, 3.8) is 0 Å². The zero-order valence-corrected chi connectivity index (χ0v) is 23.3. The standard InChI is InChI=1S/C27H23BrClN5O3S/c28-22-7-3-1-5-20(22)26(36)34-15-13-33(14-16-34)19-11-9-18(10-12-19)30-24(35)17-38-27-32-31-25(37-27)21-6-2-4-8-23(21)29/h1-12H,13-17H2,(H,30,35). The van der Waals surface area contributed by atoms with Gasteiger partial charge in [0.25, 0.3) is 11.1 Å². The van der Waals surface area contributed by atoms with Crippen LogP contribution in [0.2, 0.25) is 5.02 Å². The average Bonchev–Trinajstić information content (AvgIpc) is 3.41. The second-order valence-electron chi connectivity index (χ2n) is 8.50. The van der Waals surface area contributed by atoms with E-state index in [1.807, 2.05) is 65.6 Å². The fraction of sp³-hybridized carbons (Fsp3) is 0.185. The van der Waals surface area contributed by atoms with E-state index < -0.39 is 0 Å². The first-order valence-electron chi connectivity index (χ1n) is 11.9. The van der Waals surface area contributed by atoms with Crippen molar-refractivity contribution in [1.29, 1.82) is 0 Å². The van der Waals surface area contributed by atoms with E-state index in [-0.39, 0.29) is 17.6 Å². The number of benzene rings is 3. The number of piperazine rings is 1. The van der Waals surface area contributed by atoms with Gasteiger partial charge in [-0.15, -0.1) is 10.2 Å². The number of thioether (sulfide) groups is 1. The van der Waals surface area contributed by atoms with Gasteiger partial charge in [0.05, 0.1) is 21.9 Å². The van der Waals surface area contributed by atoms with Gasteiger partial charge in [-0.25, -0.2) is 0 Å². The summed E-state index contributed by atoms with van der Waals surface area (Å²) in [6, 6.07) is 22.4. The fourth-order valence-corrected chi connectivity index (χ4v) is 5.30. The van der Waals surface area contributed by atoms with E-state index in [4.69, 9.17) is 16.0 Å². The molecule has 194 valence electrons. The van der Waals surface area contributed by atoms with E-state index in [0.29, 0.717) is 46.0 Å². The van der Waals surface area contributed by atoms with Gasteiger partial charge in [-0.1, -0.05) is 47.6 Å². The van der Waals surface area contributed by atoms with Gasteiger partial charge in [-0.05, 0) is 64.5 Å². The van der Waals surface area contributed by atoms with Gasteiger partial charge < -0.3 is 19.5 Å². The van der Waals surface area contributed by atoms with Crippen molar-refractivity contribution >= 4 is 62.5 Å². The van der Waals surface area contributed by atoms with Crippen LogP contribution < -0.4 is 10.2 Å². The van der Waals surface area contributed by atoms with Crippen molar-refractivity contribution in [3.05, 3.63) is 87.9 Å². The minimum Gasteiger partial charge on any atom is -0.411 e. The zero-order valence-electron chi connectivity index (χ0n) is 20.1. The van der Waals surface area contributed by atoms with Crippen LogP contribution in [-0.2, 0) is 4.79 Å². The quantitative estimate of drug-likeness (QED) is 0.262. The Labute approximate surface area is 237 Å². The molecule has 0 radical (unpaired) electrons. The van der Waals surface area contributed by atoms with Crippen LogP contribution in [0.1, 0.15) is 10.4 Å². The Kier molecular flexibility index (Phi) is 8.31. The van der Waals surface area contributed by atoms with E-state index in [0.717, 1.165) is 35.0 Å². The second kappa shape index (κ2) is 12.0. The second-order valence-corrected chi connectivity index (χ2v) is 10.7. The smallest absolute Gasteiger partial charge is 0.277 e. The van der Waals surface area contributed by atoms with Crippen LogP contribution in [0.3, 0.4) is 0 Å². The number of aromatic nitrogens is 2. The molecule has 11 heteroatoms. The molecule has 0 bridgehead atoms. The van der Waals surface area contributed by atoms with Crippen LogP contribution in [0.5, 0.6) is 0 Å². The summed E-state index contributed by atoms with van der Waals surface area (Å²) < 4.78 is 6.44. The van der Waals surface area contributed by atoms with Gasteiger partial charge in [0.15, 0.2) is 0 Å². The molecule has 2 heterocycles. The molecule has 0 aliphatic carbocycles. The molecule has 1 N–H and O–H groups in total. The lowest BCUT2D eigenvalue weighted by molar-refractivity contribution is -0.113. The highest BCUT2D eigenvalue weighted by atomic mass is 79.9. The van der Waals surface area contributed by atoms with Gasteiger partial charge in [0.2, 0.25) is 11.8 Å². The minimum atomic E-state index is -0.181. The summed E-state index contributed by atoms with van der Waals surface area (Å²) in [6.45, 7) is 2.76. The van der Waals surface area contributed by atoms with Crippen molar-refractivity contribution in [1.82, 2.24) is 15.1 Å². The van der Waals surface area contributed by atoms with E-state index in [1.165, 1.54) is 0 Å². The molecule has 3 aromatic carbocycles. The molecule has 1 aliphatic heterocycles. The summed E-state index contributed by atoms with van der Waals surface area (Å²) in [5.41, 5.74) is 3.07. The van der Waals surface area contributed by atoms with Gasteiger partial charge in [0, 0.05) is 42.0 Å². The summed E-state index contributed by atoms with van der Waals surface area (Å²) in [6.07, 6.45) is 0. The number of halogens is 2. The van der Waals surface area contributed by atoms with Crippen LogP contribution in [0.25, 0.3) is 11.5 Å². The number of anilines is 2.